The van der Waals surface area contributed by atoms with Crippen LogP contribution in [0, 0.1) is 0 Å². The predicted molar refractivity (Wildman–Crippen MR) is 163 cm³/mol. The molecule has 0 bridgehead atoms. The summed E-state index contributed by atoms with van der Waals surface area (Å²) in [6.45, 7) is 2.24. The Morgan fingerprint density at radius 3 is 2.33 bits per heavy atom. The zero-order valence-corrected chi connectivity index (χ0v) is 22.4. The first-order chi connectivity index (χ1) is 19.5. The number of aromatic hydroxyl groups is 1. The molecule has 1 aromatic heterocycles. The number of azo groups is 1. The van der Waals surface area contributed by atoms with E-state index in [-0.39, 0.29) is 11.3 Å². The van der Waals surface area contributed by atoms with Crippen LogP contribution >= 0.6 is 0 Å². The minimum Gasteiger partial charge on any atom is -0.508 e. The molecule has 1 aliphatic rings. The Bertz CT molecular complexity index is 2040. The van der Waals surface area contributed by atoms with Crippen LogP contribution in [0.1, 0.15) is 18.1 Å². The Morgan fingerprint density at radius 2 is 1.50 bits per heavy atom. The fourth-order valence-electron chi connectivity index (χ4n) is 5.74. The molecule has 5 nitrogen and oxygen atoms in total. The van der Waals surface area contributed by atoms with E-state index in [1.807, 2.05) is 54.6 Å². The molecule has 0 fully saturated rings. The van der Waals surface area contributed by atoms with Crippen molar-refractivity contribution in [3.63, 3.8) is 0 Å². The second kappa shape index (κ2) is 9.24. The molecule has 0 saturated heterocycles. The minimum absolute atomic E-state index is 0.254. The Morgan fingerprint density at radius 1 is 0.750 bits per heavy atom. The van der Waals surface area contributed by atoms with Crippen molar-refractivity contribution >= 4 is 45.2 Å². The average molecular weight is 521 g/mol. The molecule has 0 radical (unpaired) electrons. The molecule has 0 spiro atoms. The maximum Gasteiger partial charge on any atom is 0.116 e. The minimum atomic E-state index is -0.308. The molecule has 5 aromatic carbocycles. The van der Waals surface area contributed by atoms with E-state index in [2.05, 4.69) is 101 Å². The highest BCUT2D eigenvalue weighted by Crippen LogP contribution is 2.32. The van der Waals surface area contributed by atoms with Crippen molar-refractivity contribution in [2.45, 2.75) is 12.5 Å². The summed E-state index contributed by atoms with van der Waals surface area (Å²) in [7, 11) is 2.12. The van der Waals surface area contributed by atoms with Gasteiger partial charge in [-0.25, -0.2) is 0 Å². The third kappa shape index (κ3) is 3.86. The van der Waals surface area contributed by atoms with Gasteiger partial charge in [0.25, 0.3) is 0 Å². The van der Waals surface area contributed by atoms with Crippen molar-refractivity contribution in [1.29, 1.82) is 0 Å². The average Bonchev–Trinajstić information content (AvgIpc) is 3.43. The summed E-state index contributed by atoms with van der Waals surface area (Å²) in [5.74, 6) is 0.254. The van der Waals surface area contributed by atoms with E-state index in [4.69, 9.17) is 0 Å². The van der Waals surface area contributed by atoms with Gasteiger partial charge in [0.05, 0.1) is 27.8 Å². The topological polar surface area (TPSA) is 53.1 Å². The van der Waals surface area contributed by atoms with E-state index in [1.165, 1.54) is 5.56 Å². The first-order valence-corrected chi connectivity index (χ1v) is 13.4. The Labute approximate surface area is 232 Å². The lowest BCUT2D eigenvalue weighted by Gasteiger charge is -2.35. The molecular formula is C35H28N4O. The number of hydrogen-bond acceptors (Lipinski definition) is 4. The quantitative estimate of drug-likeness (QED) is 0.254. The van der Waals surface area contributed by atoms with E-state index in [9.17, 15) is 5.11 Å². The molecule has 1 unspecified atom stereocenters. The fourth-order valence-corrected chi connectivity index (χ4v) is 5.74. The van der Waals surface area contributed by atoms with Gasteiger partial charge in [0, 0.05) is 23.0 Å². The normalized spacial score (nSPS) is 17.1. The predicted octanol–water partition coefficient (Wildman–Crippen LogP) is 7.02. The molecule has 2 heterocycles. The fraction of sp³-hybridized carbons (Fsp3) is 0.0857. The number of phenolic OH excluding ortho intramolecular Hbond substituents is 1. The van der Waals surface area contributed by atoms with Gasteiger partial charge in [-0.2, -0.15) is 5.11 Å². The zero-order chi connectivity index (χ0) is 27.3. The first kappa shape index (κ1) is 23.9. The van der Waals surface area contributed by atoms with E-state index in [0.717, 1.165) is 49.2 Å². The summed E-state index contributed by atoms with van der Waals surface area (Å²) in [4.78, 5) is 0. The van der Waals surface area contributed by atoms with E-state index < -0.39 is 0 Å². The summed E-state index contributed by atoms with van der Waals surface area (Å²) >= 11 is 0. The largest absolute Gasteiger partial charge is 0.508 e. The molecular weight excluding hydrogens is 492 g/mol. The van der Waals surface area contributed by atoms with Crippen LogP contribution in [-0.4, -0.2) is 16.8 Å². The molecule has 40 heavy (non-hydrogen) atoms. The second-order valence-corrected chi connectivity index (χ2v) is 10.4. The number of hydrogen-bond donors (Lipinski definition) is 1. The smallest absolute Gasteiger partial charge is 0.116 e. The number of rotatable bonds is 4. The molecule has 0 aliphatic carbocycles. The van der Waals surface area contributed by atoms with Crippen LogP contribution in [0.15, 0.2) is 125 Å². The van der Waals surface area contributed by atoms with Gasteiger partial charge in [0.2, 0.25) is 0 Å². The highest BCUT2D eigenvalue weighted by molar-refractivity contribution is 5.92. The van der Waals surface area contributed by atoms with Crippen LogP contribution in [0.3, 0.4) is 0 Å². The van der Waals surface area contributed by atoms with Crippen LogP contribution in [0.4, 0.5) is 11.4 Å². The van der Waals surface area contributed by atoms with Gasteiger partial charge in [-0.3, -0.25) is 4.68 Å². The highest BCUT2D eigenvalue weighted by atomic mass is 16.3. The van der Waals surface area contributed by atoms with Crippen LogP contribution in [0.2, 0.25) is 0 Å². The Balaban J connectivity index is 1.31. The van der Waals surface area contributed by atoms with Gasteiger partial charge >= 0.3 is 0 Å². The van der Waals surface area contributed by atoms with Gasteiger partial charge in [-0.1, -0.05) is 78.9 Å². The molecule has 5 heteroatoms. The molecule has 0 saturated carbocycles. The van der Waals surface area contributed by atoms with Crippen LogP contribution in [0.25, 0.3) is 33.8 Å². The van der Waals surface area contributed by atoms with Gasteiger partial charge in [-0.05, 0) is 72.0 Å². The van der Waals surface area contributed by atoms with Crippen molar-refractivity contribution in [1.82, 2.24) is 4.68 Å². The molecule has 1 N–H and O–H groups in total. The van der Waals surface area contributed by atoms with Gasteiger partial charge in [0.15, 0.2) is 0 Å². The number of aromatic nitrogens is 1. The maximum atomic E-state index is 10.3. The van der Waals surface area contributed by atoms with E-state index >= 15 is 0 Å². The SMILES string of the molecule is CN1n2c(/c(=C\c3ccc(/N=N/c4cccc5ccccc45)cc3)c3cc(O)ccc32)=CC1(C)c1ccccc1. The third-order valence-electron chi connectivity index (χ3n) is 7.99. The van der Waals surface area contributed by atoms with Crippen molar-refractivity contribution < 1.29 is 5.11 Å². The first-order valence-electron chi connectivity index (χ1n) is 13.4. The zero-order valence-electron chi connectivity index (χ0n) is 22.4. The molecule has 0 amide bonds. The summed E-state index contributed by atoms with van der Waals surface area (Å²) < 4.78 is 2.25. The van der Waals surface area contributed by atoms with E-state index in [0.29, 0.717) is 0 Å². The van der Waals surface area contributed by atoms with Crippen molar-refractivity contribution in [3.8, 4) is 5.75 Å². The lowest BCUT2D eigenvalue weighted by Crippen LogP contribution is -2.44. The van der Waals surface area contributed by atoms with Crippen LogP contribution < -0.4 is 15.6 Å². The maximum absolute atomic E-state index is 10.3. The monoisotopic (exact) mass is 520 g/mol. The van der Waals surface area contributed by atoms with Crippen molar-refractivity contribution in [2.75, 3.05) is 12.1 Å². The molecule has 1 aliphatic heterocycles. The molecule has 7 rings (SSSR count). The van der Waals surface area contributed by atoms with E-state index in [1.54, 1.807) is 6.07 Å². The van der Waals surface area contributed by atoms with Gasteiger partial charge in [0.1, 0.15) is 5.75 Å². The number of benzene rings is 5. The molecule has 194 valence electrons. The Kier molecular flexibility index (Phi) is 5.53. The third-order valence-corrected chi connectivity index (χ3v) is 7.99. The summed E-state index contributed by atoms with van der Waals surface area (Å²) in [6.07, 6.45) is 4.50. The summed E-state index contributed by atoms with van der Waals surface area (Å²) in [6, 6.07) is 38.5. The number of fused-ring (bicyclic) bond motifs is 4. The lowest BCUT2D eigenvalue weighted by atomic mass is 9.91. The molecule has 1 atom stereocenters. The van der Waals surface area contributed by atoms with Gasteiger partial charge in [-0.15, -0.1) is 5.11 Å². The number of nitrogens with zero attached hydrogens (tertiary/aromatic N) is 4. The molecule has 6 aromatic rings. The lowest BCUT2D eigenvalue weighted by molar-refractivity contribution is 0.476. The van der Waals surface area contributed by atoms with Gasteiger partial charge < -0.3 is 10.1 Å². The highest BCUT2D eigenvalue weighted by Gasteiger charge is 2.35. The summed E-state index contributed by atoms with van der Waals surface area (Å²) in [5, 5.41) is 27.1. The second-order valence-electron chi connectivity index (χ2n) is 10.4. The number of phenols is 1. The van der Waals surface area contributed by atoms with Crippen LogP contribution in [-0.2, 0) is 5.54 Å². The summed E-state index contributed by atoms with van der Waals surface area (Å²) in [5.41, 5.74) is 4.66. The van der Waals surface area contributed by atoms with Crippen molar-refractivity contribution in [2.24, 2.45) is 10.2 Å². The standard InChI is InChI=1S/C35H28N4O/c1-35(26-11-4-3-5-12-26)23-34-30(31-22-28(40)19-20-33(31)39(34)38(35)2)21-24-15-17-27(18-16-24)36-37-32-14-8-10-25-9-6-7-13-29(25)32/h3-23,40H,1-2H3/b30-21-,37-36+. The van der Waals surface area contributed by atoms with Crippen LogP contribution in [0.5, 0.6) is 5.75 Å². The Hall–Kier alpha value is -5.16. The van der Waals surface area contributed by atoms with Crippen molar-refractivity contribution in [3.05, 3.63) is 137 Å².